The molecule has 0 bridgehead atoms. The van der Waals surface area contributed by atoms with E-state index < -0.39 is 0 Å². The average Bonchev–Trinajstić information content (AvgIpc) is 2.82. The van der Waals surface area contributed by atoms with E-state index in [1.54, 1.807) is 0 Å². The third-order valence-electron chi connectivity index (χ3n) is 2.97. The minimum absolute atomic E-state index is 0.0469. The summed E-state index contributed by atoms with van der Waals surface area (Å²) in [7, 11) is 0. The van der Waals surface area contributed by atoms with Crippen molar-refractivity contribution in [2.45, 2.75) is 31.9 Å². The molecule has 0 aromatic heterocycles. The molecular weight excluding hydrogens is 282 g/mol. The van der Waals surface area contributed by atoms with Gasteiger partial charge in [0.2, 0.25) is 0 Å². The molecule has 1 fully saturated rings. The predicted molar refractivity (Wildman–Crippen MR) is 70.0 cm³/mol. The Labute approximate surface area is 110 Å². The van der Waals surface area contributed by atoms with Crippen molar-refractivity contribution in [3.05, 3.63) is 34.3 Å². The quantitative estimate of drug-likeness (QED) is 0.932. The average molecular weight is 298 g/mol. The van der Waals surface area contributed by atoms with E-state index in [2.05, 4.69) is 21.2 Å². The van der Waals surface area contributed by atoms with Crippen molar-refractivity contribution >= 4 is 21.8 Å². The Morgan fingerprint density at radius 2 is 2.41 bits per heavy atom. The molecule has 0 unspecified atom stereocenters. The van der Waals surface area contributed by atoms with E-state index in [1.807, 2.05) is 31.2 Å². The molecule has 17 heavy (non-hydrogen) atoms. The fourth-order valence-electron chi connectivity index (χ4n) is 2.01. The van der Waals surface area contributed by atoms with Crippen LogP contribution in [0.5, 0.6) is 0 Å². The molecule has 1 saturated heterocycles. The third kappa shape index (κ3) is 3.30. The summed E-state index contributed by atoms with van der Waals surface area (Å²) in [5, 5.41) is 2.98. The van der Waals surface area contributed by atoms with Crippen LogP contribution in [0.1, 0.15) is 30.1 Å². The highest BCUT2D eigenvalue weighted by Crippen LogP contribution is 2.16. The van der Waals surface area contributed by atoms with Crippen molar-refractivity contribution in [3.63, 3.8) is 0 Å². The molecule has 92 valence electrons. The topological polar surface area (TPSA) is 38.3 Å². The second-order valence-electron chi connectivity index (χ2n) is 4.32. The predicted octanol–water partition coefficient (Wildman–Crippen LogP) is 2.75. The summed E-state index contributed by atoms with van der Waals surface area (Å²) in [6, 6.07) is 7.44. The first-order valence-electron chi connectivity index (χ1n) is 5.85. The lowest BCUT2D eigenvalue weighted by molar-refractivity contribution is 0.0712. The van der Waals surface area contributed by atoms with E-state index in [9.17, 15) is 4.79 Å². The van der Waals surface area contributed by atoms with Gasteiger partial charge in [-0.3, -0.25) is 4.79 Å². The molecule has 1 aromatic carbocycles. The smallest absolute Gasteiger partial charge is 0.251 e. The molecule has 0 aliphatic carbocycles. The number of rotatable bonds is 3. The Bertz CT molecular complexity index is 402. The maximum atomic E-state index is 12.0. The van der Waals surface area contributed by atoms with Gasteiger partial charge in [-0.2, -0.15) is 0 Å². The Morgan fingerprint density at radius 1 is 1.59 bits per heavy atom. The molecule has 1 heterocycles. The second-order valence-corrected chi connectivity index (χ2v) is 5.24. The molecule has 0 saturated carbocycles. The molecule has 1 aliphatic heterocycles. The van der Waals surface area contributed by atoms with Gasteiger partial charge in [0.05, 0.1) is 12.1 Å². The number of hydrogen-bond acceptors (Lipinski definition) is 2. The molecule has 2 atom stereocenters. The van der Waals surface area contributed by atoms with E-state index >= 15 is 0 Å². The van der Waals surface area contributed by atoms with Crippen molar-refractivity contribution in [1.29, 1.82) is 0 Å². The van der Waals surface area contributed by atoms with Gasteiger partial charge in [-0.05, 0) is 38.0 Å². The molecule has 3 nitrogen and oxygen atoms in total. The largest absolute Gasteiger partial charge is 0.376 e. The van der Waals surface area contributed by atoms with Crippen LogP contribution >= 0.6 is 15.9 Å². The number of nitrogens with one attached hydrogen (secondary N) is 1. The van der Waals surface area contributed by atoms with Crippen LogP contribution in [0.4, 0.5) is 0 Å². The number of carbonyl (C=O) groups excluding carboxylic acids is 1. The minimum atomic E-state index is -0.0469. The number of benzene rings is 1. The summed E-state index contributed by atoms with van der Waals surface area (Å²) in [5.74, 6) is -0.0469. The highest BCUT2D eigenvalue weighted by Gasteiger charge is 2.23. The summed E-state index contributed by atoms with van der Waals surface area (Å²) in [6.07, 6.45) is 2.27. The third-order valence-corrected chi connectivity index (χ3v) is 3.46. The van der Waals surface area contributed by atoms with Gasteiger partial charge in [0.25, 0.3) is 5.91 Å². The highest BCUT2D eigenvalue weighted by molar-refractivity contribution is 9.10. The van der Waals surface area contributed by atoms with Crippen LogP contribution in [0.2, 0.25) is 0 Å². The molecular formula is C13H16BrNO2. The Kier molecular flexibility index (Phi) is 4.18. The van der Waals surface area contributed by atoms with Crippen molar-refractivity contribution in [1.82, 2.24) is 5.32 Å². The van der Waals surface area contributed by atoms with E-state index in [4.69, 9.17) is 4.74 Å². The van der Waals surface area contributed by atoms with Crippen LogP contribution in [0.25, 0.3) is 0 Å². The Morgan fingerprint density at radius 3 is 3.06 bits per heavy atom. The molecule has 2 rings (SSSR count). The van der Waals surface area contributed by atoms with Crippen LogP contribution in [-0.4, -0.2) is 24.7 Å². The van der Waals surface area contributed by atoms with E-state index in [-0.39, 0.29) is 18.1 Å². The van der Waals surface area contributed by atoms with Crippen LogP contribution in [0.3, 0.4) is 0 Å². The molecule has 1 amide bonds. The van der Waals surface area contributed by atoms with Gasteiger partial charge in [-0.25, -0.2) is 0 Å². The highest BCUT2D eigenvalue weighted by atomic mass is 79.9. The zero-order valence-corrected chi connectivity index (χ0v) is 11.4. The van der Waals surface area contributed by atoms with Gasteiger partial charge in [0.15, 0.2) is 0 Å². The van der Waals surface area contributed by atoms with Crippen molar-refractivity contribution in [2.24, 2.45) is 0 Å². The number of carbonyl (C=O) groups is 1. The first-order chi connectivity index (χ1) is 8.16. The van der Waals surface area contributed by atoms with E-state index in [0.29, 0.717) is 5.56 Å². The SMILES string of the molecule is C[C@@H](NC(=O)c1cccc(Br)c1)[C@@H]1CCCO1. The lowest BCUT2D eigenvalue weighted by Gasteiger charge is -2.20. The fraction of sp³-hybridized carbons (Fsp3) is 0.462. The van der Waals surface area contributed by atoms with E-state index in [1.165, 1.54) is 0 Å². The Hall–Kier alpha value is -0.870. The van der Waals surface area contributed by atoms with Gasteiger partial charge in [0.1, 0.15) is 0 Å². The lowest BCUT2D eigenvalue weighted by atomic mass is 10.1. The summed E-state index contributed by atoms with van der Waals surface area (Å²) >= 11 is 3.36. The molecule has 4 heteroatoms. The second kappa shape index (κ2) is 5.65. The number of halogens is 1. The zero-order chi connectivity index (χ0) is 12.3. The molecule has 1 N–H and O–H groups in total. The van der Waals surface area contributed by atoms with Gasteiger partial charge in [0, 0.05) is 16.6 Å². The van der Waals surface area contributed by atoms with Gasteiger partial charge >= 0.3 is 0 Å². The van der Waals surface area contributed by atoms with Crippen molar-refractivity contribution < 1.29 is 9.53 Å². The number of amides is 1. The van der Waals surface area contributed by atoms with Gasteiger partial charge in [-0.1, -0.05) is 22.0 Å². The number of hydrogen-bond donors (Lipinski definition) is 1. The van der Waals surface area contributed by atoms with Crippen LogP contribution in [0, 0.1) is 0 Å². The summed E-state index contributed by atoms with van der Waals surface area (Å²) in [4.78, 5) is 12.0. The fourth-order valence-corrected chi connectivity index (χ4v) is 2.41. The molecule has 0 spiro atoms. The maximum Gasteiger partial charge on any atom is 0.251 e. The van der Waals surface area contributed by atoms with Crippen molar-refractivity contribution in [3.8, 4) is 0 Å². The summed E-state index contributed by atoms with van der Waals surface area (Å²) < 4.78 is 6.46. The summed E-state index contributed by atoms with van der Waals surface area (Å²) in [5.41, 5.74) is 0.671. The molecule has 1 aliphatic rings. The van der Waals surface area contributed by atoms with Crippen molar-refractivity contribution in [2.75, 3.05) is 6.61 Å². The first kappa shape index (κ1) is 12.6. The van der Waals surface area contributed by atoms with Gasteiger partial charge in [-0.15, -0.1) is 0 Å². The normalized spacial score (nSPS) is 21.2. The summed E-state index contributed by atoms with van der Waals surface area (Å²) in [6.45, 7) is 2.80. The first-order valence-corrected chi connectivity index (χ1v) is 6.64. The standard InChI is InChI=1S/C13H16BrNO2/c1-9(12-6-3-7-17-12)15-13(16)10-4-2-5-11(14)8-10/h2,4-5,8-9,12H,3,6-7H2,1H3,(H,15,16)/t9-,12+/m1/s1. The van der Waals surface area contributed by atoms with Gasteiger partial charge < -0.3 is 10.1 Å². The zero-order valence-electron chi connectivity index (χ0n) is 9.78. The Balaban J connectivity index is 1.96. The lowest BCUT2D eigenvalue weighted by Crippen LogP contribution is -2.40. The maximum absolute atomic E-state index is 12.0. The molecule has 1 aromatic rings. The number of ether oxygens (including phenoxy) is 1. The minimum Gasteiger partial charge on any atom is -0.376 e. The van der Waals surface area contributed by atoms with Crippen LogP contribution < -0.4 is 5.32 Å². The van der Waals surface area contributed by atoms with Crippen LogP contribution in [-0.2, 0) is 4.74 Å². The molecule has 0 radical (unpaired) electrons. The van der Waals surface area contributed by atoms with Crippen LogP contribution in [0.15, 0.2) is 28.7 Å². The van der Waals surface area contributed by atoms with E-state index in [0.717, 1.165) is 23.9 Å². The monoisotopic (exact) mass is 297 g/mol.